The molecule has 2 aliphatic rings. The Kier molecular flexibility index (Phi) is 6.42. The number of nitrogens with zero attached hydrogens (tertiary/aromatic N) is 4. The minimum atomic E-state index is -2.79. The van der Waals surface area contributed by atoms with Crippen LogP contribution in [-0.4, -0.2) is 66.4 Å². The highest BCUT2D eigenvalue weighted by molar-refractivity contribution is 5.85. The summed E-state index contributed by atoms with van der Waals surface area (Å²) < 4.78 is 39.9. The Labute approximate surface area is 201 Å². The third-order valence-electron chi connectivity index (χ3n) is 6.63. The first-order chi connectivity index (χ1) is 16.9. The zero-order valence-corrected chi connectivity index (χ0v) is 19.6. The number of piperazine rings is 1. The summed E-state index contributed by atoms with van der Waals surface area (Å²) in [6.07, 6.45) is 1.00. The smallest absolute Gasteiger partial charge is 0.320 e. The van der Waals surface area contributed by atoms with Crippen LogP contribution in [0.3, 0.4) is 0 Å². The third kappa shape index (κ3) is 4.60. The standard InChI is InChI=1S/C24H28F2N6O3/c1-14(16-10-21(33)28-12-16)35-23-22-18(29-13-32(22)24(25)26)11-17(30-23)15-3-4-19(20(9-15)34-2)31-7-5-27-6-8-31/h3-4,9,11,13-14,16,24,27H,5-8,10,12H2,1-2H3,(H,28,33). The maximum absolute atomic E-state index is 13.7. The molecule has 3 aromatic rings. The number of hydrogen-bond acceptors (Lipinski definition) is 7. The van der Waals surface area contributed by atoms with Crippen LogP contribution >= 0.6 is 0 Å². The number of hydrogen-bond donors (Lipinski definition) is 2. The Morgan fingerprint density at radius 2 is 2.00 bits per heavy atom. The Hall–Kier alpha value is -3.47. The van der Waals surface area contributed by atoms with Crippen LogP contribution in [0.1, 0.15) is 19.9 Å². The molecule has 11 heteroatoms. The molecule has 0 aliphatic carbocycles. The number of anilines is 1. The van der Waals surface area contributed by atoms with E-state index in [2.05, 4.69) is 25.5 Å². The summed E-state index contributed by atoms with van der Waals surface area (Å²) in [4.78, 5) is 22.7. The average Bonchev–Trinajstić information content (AvgIpc) is 3.51. The van der Waals surface area contributed by atoms with E-state index < -0.39 is 12.7 Å². The van der Waals surface area contributed by atoms with Crippen LogP contribution in [0.2, 0.25) is 0 Å². The lowest BCUT2D eigenvalue weighted by Gasteiger charge is -2.30. The van der Waals surface area contributed by atoms with Gasteiger partial charge in [0.25, 0.3) is 0 Å². The van der Waals surface area contributed by atoms with E-state index >= 15 is 0 Å². The zero-order chi connectivity index (χ0) is 24.5. The molecular formula is C24H28F2N6O3. The second-order valence-corrected chi connectivity index (χ2v) is 8.82. The van der Waals surface area contributed by atoms with E-state index in [9.17, 15) is 13.6 Å². The molecule has 1 amide bonds. The number of ether oxygens (including phenoxy) is 2. The van der Waals surface area contributed by atoms with Gasteiger partial charge < -0.3 is 25.0 Å². The van der Waals surface area contributed by atoms with Gasteiger partial charge in [-0.3, -0.25) is 9.36 Å². The van der Waals surface area contributed by atoms with Crippen LogP contribution < -0.4 is 25.0 Å². The van der Waals surface area contributed by atoms with Gasteiger partial charge >= 0.3 is 6.55 Å². The summed E-state index contributed by atoms with van der Waals surface area (Å²) in [5.41, 5.74) is 2.75. The fraction of sp³-hybridized carbons (Fsp3) is 0.458. The Morgan fingerprint density at radius 1 is 1.20 bits per heavy atom. The largest absolute Gasteiger partial charge is 0.495 e. The van der Waals surface area contributed by atoms with Gasteiger partial charge in [0.15, 0.2) is 0 Å². The predicted octanol–water partition coefficient (Wildman–Crippen LogP) is 2.82. The van der Waals surface area contributed by atoms with Gasteiger partial charge in [0.1, 0.15) is 23.7 Å². The molecule has 0 spiro atoms. The summed E-state index contributed by atoms with van der Waals surface area (Å²) in [5, 5.41) is 6.12. The Balaban J connectivity index is 1.53. The molecule has 2 unspecified atom stereocenters. The van der Waals surface area contributed by atoms with Crippen molar-refractivity contribution in [2.75, 3.05) is 44.7 Å². The van der Waals surface area contributed by atoms with Crippen molar-refractivity contribution >= 4 is 22.6 Å². The predicted molar refractivity (Wildman–Crippen MR) is 127 cm³/mol. The normalized spacial score (nSPS) is 19.3. The summed E-state index contributed by atoms with van der Waals surface area (Å²) in [6, 6.07) is 7.49. The molecule has 9 nitrogen and oxygen atoms in total. The molecule has 2 saturated heterocycles. The molecule has 0 radical (unpaired) electrons. The highest BCUT2D eigenvalue weighted by Gasteiger charge is 2.30. The minimum Gasteiger partial charge on any atom is -0.495 e. The quantitative estimate of drug-likeness (QED) is 0.531. The number of pyridine rings is 1. The topological polar surface area (TPSA) is 93.5 Å². The van der Waals surface area contributed by atoms with Crippen molar-refractivity contribution in [2.24, 2.45) is 5.92 Å². The fourth-order valence-corrected chi connectivity index (χ4v) is 4.64. The number of halogens is 2. The van der Waals surface area contributed by atoms with Crippen molar-refractivity contribution in [3.63, 3.8) is 0 Å². The summed E-state index contributed by atoms with van der Waals surface area (Å²) >= 11 is 0. The van der Waals surface area contributed by atoms with Crippen molar-refractivity contribution in [1.29, 1.82) is 0 Å². The third-order valence-corrected chi connectivity index (χ3v) is 6.63. The zero-order valence-electron chi connectivity index (χ0n) is 19.6. The number of aromatic nitrogens is 3. The number of carbonyl (C=O) groups is 1. The number of fused-ring (bicyclic) bond motifs is 1. The molecule has 0 bridgehead atoms. The van der Waals surface area contributed by atoms with Gasteiger partial charge in [-0.1, -0.05) is 6.07 Å². The number of nitrogens with one attached hydrogen (secondary N) is 2. The van der Waals surface area contributed by atoms with Crippen LogP contribution in [0.5, 0.6) is 11.6 Å². The maximum Gasteiger partial charge on any atom is 0.320 e. The highest BCUT2D eigenvalue weighted by Crippen LogP contribution is 2.36. The summed E-state index contributed by atoms with van der Waals surface area (Å²) in [5.74, 6) is 0.638. The first-order valence-electron chi connectivity index (χ1n) is 11.7. The van der Waals surface area contributed by atoms with Gasteiger partial charge in [0, 0.05) is 50.6 Å². The number of amides is 1. The molecule has 2 aromatic heterocycles. The first kappa shape index (κ1) is 23.3. The van der Waals surface area contributed by atoms with Gasteiger partial charge in [-0.25, -0.2) is 9.97 Å². The van der Waals surface area contributed by atoms with Crippen LogP contribution in [0.4, 0.5) is 14.5 Å². The lowest BCUT2D eigenvalue weighted by molar-refractivity contribution is -0.119. The molecule has 35 heavy (non-hydrogen) atoms. The van der Waals surface area contributed by atoms with E-state index in [0.29, 0.717) is 29.9 Å². The molecule has 2 fully saturated rings. The van der Waals surface area contributed by atoms with E-state index in [1.165, 1.54) is 0 Å². The molecule has 2 aliphatic heterocycles. The Bertz CT molecular complexity index is 1230. The van der Waals surface area contributed by atoms with E-state index in [4.69, 9.17) is 9.47 Å². The van der Waals surface area contributed by atoms with E-state index in [1.54, 1.807) is 13.2 Å². The van der Waals surface area contributed by atoms with Gasteiger partial charge in [0.05, 0.1) is 24.0 Å². The van der Waals surface area contributed by atoms with Crippen LogP contribution in [-0.2, 0) is 4.79 Å². The van der Waals surface area contributed by atoms with Crippen molar-refractivity contribution in [2.45, 2.75) is 26.0 Å². The maximum atomic E-state index is 13.7. The number of alkyl halides is 2. The minimum absolute atomic E-state index is 0.0494. The van der Waals surface area contributed by atoms with E-state index in [-0.39, 0.29) is 23.2 Å². The number of carbonyl (C=O) groups excluding carboxylic acids is 1. The molecule has 4 heterocycles. The lowest BCUT2D eigenvalue weighted by Crippen LogP contribution is -2.43. The van der Waals surface area contributed by atoms with Gasteiger partial charge in [0.2, 0.25) is 11.8 Å². The van der Waals surface area contributed by atoms with E-state index in [0.717, 1.165) is 48.3 Å². The van der Waals surface area contributed by atoms with Crippen molar-refractivity contribution in [1.82, 2.24) is 25.2 Å². The SMILES string of the molecule is COc1cc(-c2cc3ncn(C(F)F)c3c(OC(C)C3CNC(=O)C3)n2)ccc1N1CCNCC1. The average molecular weight is 487 g/mol. The monoisotopic (exact) mass is 486 g/mol. The van der Waals surface area contributed by atoms with Crippen molar-refractivity contribution in [3.05, 3.63) is 30.6 Å². The first-order valence-corrected chi connectivity index (χ1v) is 11.7. The molecule has 2 N–H and O–H groups in total. The number of rotatable bonds is 7. The summed E-state index contributed by atoms with van der Waals surface area (Å²) in [7, 11) is 1.62. The number of methoxy groups -OCH3 is 1. The van der Waals surface area contributed by atoms with Gasteiger partial charge in [-0.15, -0.1) is 0 Å². The molecule has 2 atom stereocenters. The number of benzene rings is 1. The van der Waals surface area contributed by atoms with Crippen molar-refractivity contribution in [3.8, 4) is 22.9 Å². The molecule has 186 valence electrons. The number of imidazole rings is 1. The molecule has 1 aromatic carbocycles. The lowest BCUT2D eigenvalue weighted by atomic mass is 10.0. The van der Waals surface area contributed by atoms with Gasteiger partial charge in [-0.2, -0.15) is 8.78 Å². The van der Waals surface area contributed by atoms with E-state index in [1.807, 2.05) is 25.1 Å². The molecule has 0 saturated carbocycles. The second kappa shape index (κ2) is 9.65. The van der Waals surface area contributed by atoms with Gasteiger partial charge in [-0.05, 0) is 25.1 Å². The second-order valence-electron chi connectivity index (χ2n) is 8.82. The highest BCUT2D eigenvalue weighted by atomic mass is 19.3. The fourth-order valence-electron chi connectivity index (χ4n) is 4.64. The van der Waals surface area contributed by atoms with Crippen LogP contribution in [0, 0.1) is 5.92 Å². The summed E-state index contributed by atoms with van der Waals surface area (Å²) in [6.45, 7) is 3.05. The van der Waals surface area contributed by atoms with Crippen molar-refractivity contribution < 1.29 is 23.0 Å². The molecule has 5 rings (SSSR count). The van der Waals surface area contributed by atoms with Crippen LogP contribution in [0.25, 0.3) is 22.3 Å². The molecular weight excluding hydrogens is 458 g/mol. The van der Waals surface area contributed by atoms with Crippen LogP contribution in [0.15, 0.2) is 30.6 Å². The Morgan fingerprint density at radius 3 is 2.69 bits per heavy atom.